The number of ether oxygens (including phenoxy) is 2. The number of rotatable bonds is 10. The van der Waals surface area contributed by atoms with Gasteiger partial charge in [-0.3, -0.25) is 5.41 Å². The summed E-state index contributed by atoms with van der Waals surface area (Å²) in [5.74, 6) is 1.60. The van der Waals surface area contributed by atoms with E-state index in [2.05, 4.69) is 25.3 Å². The van der Waals surface area contributed by atoms with Gasteiger partial charge in [0.25, 0.3) is 0 Å². The van der Waals surface area contributed by atoms with Gasteiger partial charge in [-0.1, -0.05) is 0 Å². The second kappa shape index (κ2) is 11.2. The molecule has 4 rings (SSSR count). The lowest BCUT2D eigenvalue weighted by molar-refractivity contribution is 0.0944. The number of nitrogens with zero attached hydrogens (tertiary/aromatic N) is 4. The summed E-state index contributed by atoms with van der Waals surface area (Å²) in [7, 11) is 0. The summed E-state index contributed by atoms with van der Waals surface area (Å²) in [6.07, 6.45) is 4.60. The van der Waals surface area contributed by atoms with Crippen LogP contribution in [0.1, 0.15) is 36.4 Å². The molecule has 0 aliphatic heterocycles. The number of nitrogens with one attached hydrogen (secondary N) is 2. The van der Waals surface area contributed by atoms with E-state index < -0.39 is 11.4 Å². The van der Waals surface area contributed by atoms with Crippen molar-refractivity contribution in [2.45, 2.75) is 33.0 Å². The molecule has 0 saturated carbocycles. The maximum atomic E-state index is 14.2. The Morgan fingerprint density at radius 2 is 1.71 bits per heavy atom. The molecule has 0 atom stereocenters. The Morgan fingerprint density at radius 1 is 1.03 bits per heavy atom. The van der Waals surface area contributed by atoms with Crippen molar-refractivity contribution in [1.82, 2.24) is 19.9 Å². The average Bonchev–Trinajstić information content (AvgIpc) is 2.86. The Balaban J connectivity index is 1.46. The van der Waals surface area contributed by atoms with Crippen molar-refractivity contribution in [3.8, 4) is 17.2 Å². The minimum absolute atomic E-state index is 0.0921. The van der Waals surface area contributed by atoms with Gasteiger partial charge in [-0.25, -0.2) is 24.3 Å². The van der Waals surface area contributed by atoms with Crippen molar-refractivity contribution < 1.29 is 19.0 Å². The van der Waals surface area contributed by atoms with Crippen molar-refractivity contribution in [3.63, 3.8) is 0 Å². The summed E-state index contributed by atoms with van der Waals surface area (Å²) < 4.78 is 25.7. The Kier molecular flexibility index (Phi) is 7.77. The first-order chi connectivity index (χ1) is 18.1. The Hall–Kier alpha value is -4.64. The van der Waals surface area contributed by atoms with E-state index in [1.54, 1.807) is 63.5 Å². The van der Waals surface area contributed by atoms with Gasteiger partial charge >= 0.3 is 0 Å². The Morgan fingerprint density at radius 3 is 2.39 bits per heavy atom. The van der Waals surface area contributed by atoms with Gasteiger partial charge in [0.05, 0.1) is 16.9 Å². The van der Waals surface area contributed by atoms with Crippen LogP contribution in [0.3, 0.4) is 0 Å². The first-order valence-electron chi connectivity index (χ1n) is 11.7. The van der Waals surface area contributed by atoms with Gasteiger partial charge in [0.2, 0.25) is 0 Å². The first-order valence-corrected chi connectivity index (χ1v) is 11.7. The maximum absolute atomic E-state index is 14.2. The minimum atomic E-state index is -0.991. The van der Waals surface area contributed by atoms with E-state index in [1.807, 2.05) is 0 Å². The molecule has 10 nitrogen and oxygen atoms in total. The smallest absolute Gasteiger partial charge is 0.141 e. The summed E-state index contributed by atoms with van der Waals surface area (Å²) in [6, 6.07) is 10.8. The quantitative estimate of drug-likeness (QED) is 0.226. The second-order valence-corrected chi connectivity index (χ2v) is 9.20. The van der Waals surface area contributed by atoms with E-state index in [9.17, 15) is 9.50 Å². The molecule has 196 valence electrons. The second-order valence-electron chi connectivity index (χ2n) is 9.20. The van der Waals surface area contributed by atoms with E-state index in [4.69, 9.17) is 20.6 Å². The molecule has 0 unspecified atom stereocenters. The molecular weight excluding hydrogens is 489 g/mol. The van der Waals surface area contributed by atoms with Crippen LogP contribution in [0, 0.1) is 18.2 Å². The minimum Gasteiger partial charge on any atom is -0.489 e. The summed E-state index contributed by atoms with van der Waals surface area (Å²) in [5.41, 5.74) is 6.76. The van der Waals surface area contributed by atoms with Crippen LogP contribution in [0.2, 0.25) is 0 Å². The Bertz CT molecular complexity index is 1420. The van der Waals surface area contributed by atoms with Crippen LogP contribution in [-0.2, 0) is 6.61 Å². The zero-order valence-electron chi connectivity index (χ0n) is 21.2. The number of nitrogen functional groups attached to an aromatic ring is 1. The van der Waals surface area contributed by atoms with Crippen molar-refractivity contribution in [2.75, 3.05) is 17.6 Å². The third kappa shape index (κ3) is 6.98. The van der Waals surface area contributed by atoms with E-state index >= 15 is 0 Å². The van der Waals surface area contributed by atoms with Crippen molar-refractivity contribution in [3.05, 3.63) is 89.5 Å². The molecule has 0 aliphatic rings. The molecule has 0 radical (unpaired) electrons. The highest BCUT2D eigenvalue weighted by Crippen LogP contribution is 2.29. The van der Waals surface area contributed by atoms with Gasteiger partial charge in [0, 0.05) is 48.3 Å². The van der Waals surface area contributed by atoms with Crippen molar-refractivity contribution in [2.24, 2.45) is 0 Å². The molecule has 0 bridgehead atoms. The fourth-order valence-corrected chi connectivity index (χ4v) is 3.39. The van der Waals surface area contributed by atoms with Crippen molar-refractivity contribution >= 4 is 17.3 Å². The molecule has 5 N–H and O–H groups in total. The predicted molar refractivity (Wildman–Crippen MR) is 141 cm³/mol. The van der Waals surface area contributed by atoms with E-state index in [1.165, 1.54) is 18.5 Å². The van der Waals surface area contributed by atoms with Gasteiger partial charge in [-0.05, 0) is 45.0 Å². The summed E-state index contributed by atoms with van der Waals surface area (Å²) in [4.78, 5) is 16.4. The van der Waals surface area contributed by atoms with Crippen LogP contribution in [-0.4, -0.2) is 42.9 Å². The van der Waals surface area contributed by atoms with E-state index in [0.29, 0.717) is 34.3 Å². The Labute approximate surface area is 219 Å². The van der Waals surface area contributed by atoms with Gasteiger partial charge in [0.15, 0.2) is 0 Å². The standard InChI is InChI=1S/C27H28FN7O3/c1-16-31-11-17(12-32-16)13-37-21-8-19(28)9-22(10-21)38-20-6-4-18(5-7-20)24(29)23-25(30)34-15-35-26(23)33-14-27(2,3)36/h4-12,15,29,36H,13-14H2,1-3H3,(H3,30,33,34,35). The monoisotopic (exact) mass is 517 g/mol. The molecule has 2 aromatic heterocycles. The van der Waals surface area contributed by atoms with Crippen LogP contribution >= 0.6 is 0 Å². The van der Waals surface area contributed by atoms with Crippen LogP contribution in [0.25, 0.3) is 0 Å². The fraction of sp³-hybridized carbons (Fsp3) is 0.222. The number of aromatic nitrogens is 4. The normalized spacial score (nSPS) is 11.2. The molecule has 11 heteroatoms. The van der Waals surface area contributed by atoms with E-state index in [-0.39, 0.29) is 30.4 Å². The zero-order valence-corrected chi connectivity index (χ0v) is 21.2. The average molecular weight is 518 g/mol. The molecule has 2 heterocycles. The number of aryl methyl sites for hydroxylation is 1. The molecule has 0 saturated heterocycles. The molecule has 0 fully saturated rings. The SMILES string of the molecule is Cc1ncc(COc2cc(F)cc(Oc3ccc(C(=N)c4c(N)ncnc4NCC(C)(C)O)cc3)c2)cn1. The van der Waals surface area contributed by atoms with Crippen LogP contribution < -0.4 is 20.5 Å². The highest BCUT2D eigenvalue weighted by atomic mass is 19.1. The van der Waals surface area contributed by atoms with Crippen molar-refractivity contribution in [1.29, 1.82) is 5.41 Å². The molecular formula is C27H28FN7O3. The maximum Gasteiger partial charge on any atom is 0.141 e. The highest BCUT2D eigenvalue weighted by Gasteiger charge is 2.19. The third-order valence-corrected chi connectivity index (χ3v) is 5.28. The fourth-order valence-electron chi connectivity index (χ4n) is 3.39. The molecule has 0 aliphatic carbocycles. The lowest BCUT2D eigenvalue weighted by atomic mass is 10.0. The van der Waals surface area contributed by atoms with E-state index in [0.717, 1.165) is 5.56 Å². The molecule has 0 spiro atoms. The lowest BCUT2D eigenvalue weighted by Crippen LogP contribution is -2.30. The number of nitrogens with two attached hydrogens (primary N) is 1. The van der Waals surface area contributed by atoms with Gasteiger partial charge in [0.1, 0.15) is 53.5 Å². The van der Waals surface area contributed by atoms with Crippen LogP contribution in [0.5, 0.6) is 17.2 Å². The summed E-state index contributed by atoms with van der Waals surface area (Å²) in [6.45, 7) is 5.48. The highest BCUT2D eigenvalue weighted by molar-refractivity contribution is 6.16. The zero-order chi connectivity index (χ0) is 27.3. The number of anilines is 2. The largest absolute Gasteiger partial charge is 0.489 e. The van der Waals surface area contributed by atoms with Gasteiger partial charge in [-0.15, -0.1) is 0 Å². The number of benzene rings is 2. The molecule has 38 heavy (non-hydrogen) atoms. The molecule has 4 aromatic rings. The summed E-state index contributed by atoms with van der Waals surface area (Å²) in [5, 5.41) is 21.7. The van der Waals surface area contributed by atoms with Gasteiger partial charge in [-0.2, -0.15) is 0 Å². The molecule has 0 amide bonds. The van der Waals surface area contributed by atoms with Gasteiger partial charge < -0.3 is 25.6 Å². The summed E-state index contributed by atoms with van der Waals surface area (Å²) >= 11 is 0. The number of aliphatic hydroxyl groups is 1. The number of hydrogen-bond donors (Lipinski definition) is 4. The topological polar surface area (TPSA) is 152 Å². The predicted octanol–water partition coefficient (Wildman–Crippen LogP) is 4.27. The third-order valence-electron chi connectivity index (χ3n) is 5.28. The number of hydrogen-bond acceptors (Lipinski definition) is 10. The molecule has 2 aromatic carbocycles. The van der Waals surface area contributed by atoms with Crippen LogP contribution in [0.15, 0.2) is 61.2 Å². The first kappa shape index (κ1) is 26.4. The van der Waals surface area contributed by atoms with Crippen LogP contribution in [0.4, 0.5) is 16.0 Å². The number of halogens is 1. The lowest BCUT2D eigenvalue weighted by Gasteiger charge is -2.20.